The van der Waals surface area contributed by atoms with Gasteiger partial charge in [-0.2, -0.15) is 0 Å². The van der Waals surface area contributed by atoms with Crippen molar-refractivity contribution in [1.29, 1.82) is 0 Å². The minimum atomic E-state index is 0.598. The number of hydrogen-bond acceptors (Lipinski definition) is 3. The number of H-pyrrole nitrogens is 1. The van der Waals surface area contributed by atoms with Crippen molar-refractivity contribution in [2.24, 2.45) is 0 Å². The van der Waals surface area contributed by atoms with Gasteiger partial charge in [-0.1, -0.05) is 12.1 Å². The van der Waals surface area contributed by atoms with Gasteiger partial charge in [-0.05, 0) is 44.5 Å². The van der Waals surface area contributed by atoms with Crippen LogP contribution in [0.15, 0.2) is 24.4 Å². The Morgan fingerprint density at radius 3 is 2.78 bits per heavy atom. The van der Waals surface area contributed by atoms with Gasteiger partial charge >= 0.3 is 0 Å². The highest BCUT2D eigenvalue weighted by Gasteiger charge is 2.18. The molecule has 0 aliphatic carbocycles. The fraction of sp³-hybridized carbons (Fsp3) is 0.421. The van der Waals surface area contributed by atoms with Gasteiger partial charge in [0.2, 0.25) is 0 Å². The number of ether oxygens (including phenoxy) is 1. The van der Waals surface area contributed by atoms with Gasteiger partial charge in [0, 0.05) is 41.2 Å². The fourth-order valence-corrected chi connectivity index (χ4v) is 3.81. The van der Waals surface area contributed by atoms with Gasteiger partial charge in [0.1, 0.15) is 0 Å². The summed E-state index contributed by atoms with van der Waals surface area (Å²) < 4.78 is 5.44. The van der Waals surface area contributed by atoms with Crippen LogP contribution in [0.4, 0.5) is 0 Å². The summed E-state index contributed by atoms with van der Waals surface area (Å²) in [6, 6.07) is 6.58. The normalized spacial score (nSPS) is 15.9. The lowest BCUT2D eigenvalue weighted by Crippen LogP contribution is -2.18. The first kappa shape index (κ1) is 14.7. The van der Waals surface area contributed by atoms with Gasteiger partial charge in [-0.15, -0.1) is 0 Å². The number of likely N-dealkylation sites (tertiary alicyclic amines) is 1. The van der Waals surface area contributed by atoms with Crippen LogP contribution in [0.2, 0.25) is 0 Å². The molecule has 1 aliphatic rings. The van der Waals surface area contributed by atoms with Crippen molar-refractivity contribution < 1.29 is 4.74 Å². The number of aromatic amines is 1. The van der Waals surface area contributed by atoms with Crippen LogP contribution in [0.1, 0.15) is 29.7 Å². The quantitative estimate of drug-likeness (QED) is 0.797. The number of aryl methyl sites for hydroxylation is 1. The van der Waals surface area contributed by atoms with E-state index in [1.54, 1.807) is 7.11 Å². The van der Waals surface area contributed by atoms with Crippen molar-refractivity contribution in [3.63, 3.8) is 0 Å². The average Bonchev–Trinajstić information content (AvgIpc) is 3.18. The van der Waals surface area contributed by atoms with E-state index in [1.807, 2.05) is 6.20 Å². The molecule has 3 aromatic rings. The lowest BCUT2D eigenvalue weighted by Gasteiger charge is -2.16. The minimum Gasteiger partial charge on any atom is -0.380 e. The minimum absolute atomic E-state index is 0.598. The van der Waals surface area contributed by atoms with Crippen molar-refractivity contribution in [1.82, 2.24) is 14.9 Å². The number of benzene rings is 1. The topological polar surface area (TPSA) is 41.1 Å². The first-order chi connectivity index (χ1) is 11.3. The van der Waals surface area contributed by atoms with Gasteiger partial charge in [0.15, 0.2) is 0 Å². The second-order valence-electron chi connectivity index (χ2n) is 6.49. The molecule has 0 saturated carbocycles. The van der Waals surface area contributed by atoms with Crippen LogP contribution in [0, 0.1) is 6.92 Å². The van der Waals surface area contributed by atoms with Gasteiger partial charge in [0.05, 0.1) is 18.3 Å². The monoisotopic (exact) mass is 309 g/mol. The highest BCUT2D eigenvalue weighted by atomic mass is 16.5. The molecule has 0 unspecified atom stereocenters. The molecule has 0 amide bonds. The largest absolute Gasteiger partial charge is 0.380 e. The number of nitrogens with one attached hydrogen (secondary N) is 1. The van der Waals surface area contributed by atoms with Crippen LogP contribution < -0.4 is 0 Å². The second kappa shape index (κ2) is 5.95. The first-order valence-corrected chi connectivity index (χ1v) is 8.37. The Kier molecular flexibility index (Phi) is 3.79. The molecule has 23 heavy (non-hydrogen) atoms. The zero-order chi connectivity index (χ0) is 15.8. The van der Waals surface area contributed by atoms with E-state index in [0.29, 0.717) is 6.61 Å². The van der Waals surface area contributed by atoms with E-state index in [0.717, 1.165) is 17.8 Å². The maximum atomic E-state index is 5.44. The van der Waals surface area contributed by atoms with Crippen LogP contribution >= 0.6 is 0 Å². The van der Waals surface area contributed by atoms with Crippen LogP contribution in [-0.2, 0) is 17.9 Å². The van der Waals surface area contributed by atoms with Crippen molar-refractivity contribution in [2.45, 2.75) is 32.9 Å². The molecule has 1 saturated heterocycles. The van der Waals surface area contributed by atoms with E-state index in [2.05, 4.69) is 40.0 Å². The lowest BCUT2D eigenvalue weighted by molar-refractivity contribution is 0.185. The van der Waals surface area contributed by atoms with Crippen molar-refractivity contribution in [2.75, 3.05) is 20.2 Å². The van der Waals surface area contributed by atoms with Crippen LogP contribution in [0.3, 0.4) is 0 Å². The fourth-order valence-electron chi connectivity index (χ4n) is 3.81. The number of nitrogens with zero attached hydrogens (tertiary/aromatic N) is 2. The second-order valence-corrected chi connectivity index (χ2v) is 6.49. The smallest absolute Gasteiger partial charge is 0.0737 e. The molecule has 1 aromatic carbocycles. The highest BCUT2D eigenvalue weighted by Crippen LogP contribution is 2.33. The standard InChI is InChI=1S/C19H23N3O/c1-13-15(12-23-2)19-17(10-20-13)21-16-7-5-6-14(18(16)19)11-22-8-3-4-9-22/h5-7,10,21H,3-4,8-9,11-12H2,1-2H3. The number of pyridine rings is 1. The number of rotatable bonds is 4. The summed E-state index contributed by atoms with van der Waals surface area (Å²) >= 11 is 0. The molecule has 120 valence electrons. The SMILES string of the molecule is COCc1c(C)ncc2[nH]c3cccc(CN4CCCC4)c3c12. The Labute approximate surface area is 136 Å². The van der Waals surface area contributed by atoms with Gasteiger partial charge in [-0.25, -0.2) is 0 Å². The summed E-state index contributed by atoms with van der Waals surface area (Å²) in [6.07, 6.45) is 4.59. The Hall–Kier alpha value is -1.91. The van der Waals surface area contributed by atoms with Gasteiger partial charge in [-0.3, -0.25) is 9.88 Å². The van der Waals surface area contributed by atoms with E-state index in [1.165, 1.54) is 53.3 Å². The van der Waals surface area contributed by atoms with Crippen molar-refractivity contribution in [3.05, 3.63) is 41.2 Å². The third-order valence-electron chi connectivity index (χ3n) is 4.95. The first-order valence-electron chi connectivity index (χ1n) is 8.37. The Balaban J connectivity index is 1.94. The molecule has 0 spiro atoms. The maximum Gasteiger partial charge on any atom is 0.0737 e. The van der Waals surface area contributed by atoms with Gasteiger partial charge < -0.3 is 9.72 Å². The van der Waals surface area contributed by atoms with E-state index < -0.39 is 0 Å². The molecule has 2 aromatic heterocycles. The number of methoxy groups -OCH3 is 1. The third kappa shape index (κ3) is 2.52. The molecule has 0 atom stereocenters. The van der Waals surface area contributed by atoms with E-state index in [-0.39, 0.29) is 0 Å². The summed E-state index contributed by atoms with van der Waals surface area (Å²) in [6.45, 7) is 6.11. The molecular weight excluding hydrogens is 286 g/mol. The lowest BCUT2D eigenvalue weighted by atomic mass is 10.0. The Morgan fingerprint density at radius 2 is 2.00 bits per heavy atom. The van der Waals surface area contributed by atoms with Gasteiger partial charge in [0.25, 0.3) is 0 Å². The average molecular weight is 309 g/mol. The molecule has 1 fully saturated rings. The molecule has 3 heterocycles. The highest BCUT2D eigenvalue weighted by molar-refractivity contribution is 6.10. The predicted molar refractivity (Wildman–Crippen MR) is 93.6 cm³/mol. The number of fused-ring (bicyclic) bond motifs is 3. The molecule has 4 rings (SSSR count). The Morgan fingerprint density at radius 1 is 1.17 bits per heavy atom. The number of hydrogen-bond donors (Lipinski definition) is 1. The van der Waals surface area contributed by atoms with Crippen LogP contribution in [0.25, 0.3) is 21.8 Å². The summed E-state index contributed by atoms with van der Waals surface area (Å²) in [5, 5.41) is 2.62. The summed E-state index contributed by atoms with van der Waals surface area (Å²) in [4.78, 5) is 10.6. The molecule has 4 nitrogen and oxygen atoms in total. The van der Waals surface area contributed by atoms with Crippen LogP contribution in [0.5, 0.6) is 0 Å². The molecule has 4 heteroatoms. The van der Waals surface area contributed by atoms with Crippen molar-refractivity contribution >= 4 is 21.8 Å². The molecule has 1 N–H and O–H groups in total. The summed E-state index contributed by atoms with van der Waals surface area (Å²) in [5.74, 6) is 0. The van der Waals surface area contributed by atoms with Crippen molar-refractivity contribution in [3.8, 4) is 0 Å². The zero-order valence-corrected chi connectivity index (χ0v) is 13.9. The summed E-state index contributed by atoms with van der Waals surface area (Å²) in [5.41, 5.74) is 5.95. The Bertz CT molecular complexity index is 847. The molecule has 0 radical (unpaired) electrons. The third-order valence-corrected chi connectivity index (χ3v) is 4.95. The molecule has 1 aliphatic heterocycles. The maximum absolute atomic E-state index is 5.44. The van der Waals surface area contributed by atoms with E-state index in [4.69, 9.17) is 4.74 Å². The molecular formula is C19H23N3O. The van der Waals surface area contributed by atoms with Crippen LogP contribution in [-0.4, -0.2) is 35.1 Å². The van der Waals surface area contributed by atoms with E-state index >= 15 is 0 Å². The van der Waals surface area contributed by atoms with E-state index in [9.17, 15) is 0 Å². The molecule has 0 bridgehead atoms. The zero-order valence-electron chi connectivity index (χ0n) is 13.9. The summed E-state index contributed by atoms with van der Waals surface area (Å²) in [7, 11) is 1.75. The number of aromatic nitrogens is 2. The predicted octanol–water partition coefficient (Wildman–Crippen LogP) is 3.77.